The van der Waals surface area contributed by atoms with Crippen molar-refractivity contribution >= 4 is 34.1 Å². The molecule has 1 N–H and O–H groups in total. The Morgan fingerprint density at radius 1 is 0.857 bits per heavy atom. The van der Waals surface area contributed by atoms with E-state index in [-0.39, 0.29) is 18.6 Å². The molecule has 0 heterocycles. The van der Waals surface area contributed by atoms with Gasteiger partial charge in [0.15, 0.2) is 11.9 Å². The highest BCUT2D eigenvalue weighted by Crippen LogP contribution is 2.19. The van der Waals surface area contributed by atoms with Crippen molar-refractivity contribution in [3.8, 4) is 0 Å². The summed E-state index contributed by atoms with van der Waals surface area (Å²) < 4.78 is 5.15. The molecule has 0 aromatic heterocycles. The first-order valence-electron chi connectivity index (χ1n) is 9.10. The number of benzene rings is 3. The molecule has 0 saturated carbocycles. The standard InChI is InChI=1S/C23H21NO4/c1-16(28-22(26)14-13-21(25)18-8-3-2-4-9-18)23(27)24-20-12-11-17-7-5-6-10-19(17)15-20/h2-12,15-16H,13-14H2,1H3,(H,24,27). The minimum Gasteiger partial charge on any atom is -0.453 e. The Kier molecular flexibility index (Phi) is 6.17. The Hall–Kier alpha value is -3.47. The maximum atomic E-state index is 12.3. The summed E-state index contributed by atoms with van der Waals surface area (Å²) in [5, 5.41) is 4.82. The van der Waals surface area contributed by atoms with Gasteiger partial charge in [-0.15, -0.1) is 0 Å². The molecule has 0 aliphatic rings. The third-order valence-electron chi connectivity index (χ3n) is 4.35. The molecule has 5 heteroatoms. The van der Waals surface area contributed by atoms with Crippen molar-refractivity contribution in [2.45, 2.75) is 25.9 Å². The van der Waals surface area contributed by atoms with Gasteiger partial charge >= 0.3 is 5.97 Å². The van der Waals surface area contributed by atoms with E-state index in [0.29, 0.717) is 11.3 Å². The largest absolute Gasteiger partial charge is 0.453 e. The monoisotopic (exact) mass is 375 g/mol. The van der Waals surface area contributed by atoms with E-state index in [1.54, 1.807) is 30.3 Å². The molecule has 0 spiro atoms. The summed E-state index contributed by atoms with van der Waals surface area (Å²) in [4.78, 5) is 36.3. The van der Waals surface area contributed by atoms with Crippen LogP contribution in [0.1, 0.15) is 30.1 Å². The minimum atomic E-state index is -0.953. The molecule has 1 unspecified atom stereocenters. The first-order chi connectivity index (χ1) is 13.5. The highest BCUT2D eigenvalue weighted by Gasteiger charge is 2.19. The molecule has 0 saturated heterocycles. The van der Waals surface area contributed by atoms with Crippen molar-refractivity contribution < 1.29 is 19.1 Å². The van der Waals surface area contributed by atoms with E-state index in [2.05, 4.69) is 5.32 Å². The molecule has 0 bridgehead atoms. The summed E-state index contributed by atoms with van der Waals surface area (Å²) in [6.45, 7) is 1.51. The first kappa shape index (κ1) is 19.3. The quantitative estimate of drug-likeness (QED) is 0.491. The number of esters is 1. The number of carbonyl (C=O) groups is 3. The third kappa shape index (κ3) is 5.04. The number of anilines is 1. The summed E-state index contributed by atoms with van der Waals surface area (Å²) in [6, 6.07) is 22.2. The van der Waals surface area contributed by atoms with E-state index < -0.39 is 18.0 Å². The van der Waals surface area contributed by atoms with Crippen molar-refractivity contribution in [3.63, 3.8) is 0 Å². The van der Waals surface area contributed by atoms with Crippen molar-refractivity contribution in [1.82, 2.24) is 0 Å². The fourth-order valence-corrected chi connectivity index (χ4v) is 2.80. The van der Waals surface area contributed by atoms with Gasteiger partial charge in [0.05, 0.1) is 6.42 Å². The highest BCUT2D eigenvalue weighted by atomic mass is 16.5. The van der Waals surface area contributed by atoms with Gasteiger partial charge < -0.3 is 10.1 Å². The molecule has 3 aromatic carbocycles. The molecule has 0 radical (unpaired) electrons. The lowest BCUT2D eigenvalue weighted by Gasteiger charge is -2.14. The van der Waals surface area contributed by atoms with Gasteiger partial charge in [-0.1, -0.05) is 60.7 Å². The summed E-state index contributed by atoms with van der Waals surface area (Å²) in [6.07, 6.45) is -0.978. The molecule has 5 nitrogen and oxygen atoms in total. The zero-order valence-electron chi connectivity index (χ0n) is 15.6. The molecule has 0 aliphatic heterocycles. The number of fused-ring (bicyclic) bond motifs is 1. The highest BCUT2D eigenvalue weighted by molar-refractivity contribution is 5.99. The van der Waals surface area contributed by atoms with Gasteiger partial charge in [-0.3, -0.25) is 14.4 Å². The van der Waals surface area contributed by atoms with Crippen LogP contribution in [0.25, 0.3) is 10.8 Å². The number of ether oxygens (including phenoxy) is 1. The maximum Gasteiger partial charge on any atom is 0.307 e. The normalized spacial score (nSPS) is 11.6. The van der Waals surface area contributed by atoms with E-state index in [1.807, 2.05) is 42.5 Å². The van der Waals surface area contributed by atoms with Gasteiger partial charge in [0.1, 0.15) is 0 Å². The Morgan fingerprint density at radius 3 is 2.29 bits per heavy atom. The van der Waals surface area contributed by atoms with Gasteiger partial charge in [-0.2, -0.15) is 0 Å². The Balaban J connectivity index is 1.50. The van der Waals surface area contributed by atoms with E-state index in [4.69, 9.17) is 4.74 Å². The number of nitrogens with one attached hydrogen (secondary N) is 1. The van der Waals surface area contributed by atoms with Crippen LogP contribution in [0.2, 0.25) is 0 Å². The van der Waals surface area contributed by atoms with Crippen LogP contribution in [-0.2, 0) is 14.3 Å². The molecule has 1 atom stereocenters. The molecular formula is C23H21NO4. The van der Waals surface area contributed by atoms with Gasteiger partial charge in [0.25, 0.3) is 5.91 Å². The summed E-state index contributed by atoms with van der Waals surface area (Å²) >= 11 is 0. The lowest BCUT2D eigenvalue weighted by atomic mass is 10.1. The summed E-state index contributed by atoms with van der Waals surface area (Å²) in [5.74, 6) is -1.13. The molecule has 1 amide bonds. The molecular weight excluding hydrogens is 354 g/mol. The Labute approximate surface area is 163 Å². The van der Waals surface area contributed by atoms with Crippen molar-refractivity contribution in [2.75, 3.05) is 5.32 Å². The summed E-state index contributed by atoms with van der Waals surface area (Å²) in [7, 11) is 0. The molecule has 0 fully saturated rings. The number of Topliss-reactive ketones (excluding diaryl/α,β-unsaturated/α-hetero) is 1. The van der Waals surface area contributed by atoms with E-state index in [9.17, 15) is 14.4 Å². The van der Waals surface area contributed by atoms with Crippen LogP contribution in [-0.4, -0.2) is 23.8 Å². The predicted octanol–water partition coefficient (Wildman–Crippen LogP) is 4.37. The number of amides is 1. The second-order valence-electron chi connectivity index (χ2n) is 6.47. The van der Waals surface area contributed by atoms with Gasteiger partial charge in [-0.05, 0) is 29.8 Å². The predicted molar refractivity (Wildman–Crippen MR) is 108 cm³/mol. The average Bonchev–Trinajstić information content (AvgIpc) is 2.72. The molecule has 142 valence electrons. The van der Waals surface area contributed by atoms with Crippen LogP contribution >= 0.6 is 0 Å². The zero-order valence-corrected chi connectivity index (χ0v) is 15.6. The first-order valence-corrected chi connectivity index (χ1v) is 9.10. The number of hydrogen-bond acceptors (Lipinski definition) is 4. The molecule has 0 aliphatic carbocycles. The fraction of sp³-hybridized carbons (Fsp3) is 0.174. The van der Waals surface area contributed by atoms with Crippen LogP contribution in [0, 0.1) is 0 Å². The second kappa shape index (κ2) is 8.95. The second-order valence-corrected chi connectivity index (χ2v) is 6.47. The maximum absolute atomic E-state index is 12.3. The van der Waals surface area contributed by atoms with Crippen LogP contribution < -0.4 is 5.32 Å². The molecule has 28 heavy (non-hydrogen) atoms. The smallest absolute Gasteiger partial charge is 0.307 e. The van der Waals surface area contributed by atoms with Crippen LogP contribution in [0.4, 0.5) is 5.69 Å². The van der Waals surface area contributed by atoms with E-state index in [0.717, 1.165) is 10.8 Å². The van der Waals surface area contributed by atoms with Crippen molar-refractivity contribution in [3.05, 3.63) is 78.4 Å². The van der Waals surface area contributed by atoms with Gasteiger partial charge in [0.2, 0.25) is 0 Å². The third-order valence-corrected chi connectivity index (χ3v) is 4.35. The lowest BCUT2D eigenvalue weighted by molar-refractivity contribution is -0.153. The fourth-order valence-electron chi connectivity index (χ4n) is 2.80. The molecule has 3 aromatic rings. The Morgan fingerprint density at radius 2 is 1.54 bits per heavy atom. The minimum absolute atomic E-state index is 0.0435. The summed E-state index contributed by atoms with van der Waals surface area (Å²) in [5.41, 5.74) is 1.18. The number of carbonyl (C=O) groups excluding carboxylic acids is 3. The van der Waals surface area contributed by atoms with Crippen LogP contribution in [0.5, 0.6) is 0 Å². The number of ketones is 1. The lowest BCUT2D eigenvalue weighted by Crippen LogP contribution is -2.30. The van der Waals surface area contributed by atoms with Crippen LogP contribution in [0.15, 0.2) is 72.8 Å². The van der Waals surface area contributed by atoms with Crippen LogP contribution in [0.3, 0.4) is 0 Å². The van der Waals surface area contributed by atoms with Gasteiger partial charge in [0, 0.05) is 17.7 Å². The Bertz CT molecular complexity index is 998. The molecule has 3 rings (SSSR count). The zero-order chi connectivity index (χ0) is 19.9. The van der Waals surface area contributed by atoms with E-state index in [1.165, 1.54) is 6.92 Å². The van der Waals surface area contributed by atoms with Crippen molar-refractivity contribution in [2.24, 2.45) is 0 Å². The number of hydrogen-bond donors (Lipinski definition) is 1. The number of rotatable bonds is 7. The van der Waals surface area contributed by atoms with Crippen molar-refractivity contribution in [1.29, 1.82) is 0 Å². The SMILES string of the molecule is CC(OC(=O)CCC(=O)c1ccccc1)C(=O)Nc1ccc2ccccc2c1. The average molecular weight is 375 g/mol. The van der Waals surface area contributed by atoms with E-state index >= 15 is 0 Å². The van der Waals surface area contributed by atoms with Gasteiger partial charge in [-0.25, -0.2) is 0 Å². The topological polar surface area (TPSA) is 72.5 Å².